The molecule has 0 bridgehead atoms. The first-order valence-electron chi connectivity index (χ1n) is 6.85. The van der Waals surface area contributed by atoms with Gasteiger partial charge < -0.3 is 9.47 Å². The summed E-state index contributed by atoms with van der Waals surface area (Å²) in [6.45, 7) is 0. The minimum atomic E-state index is -3.05. The Morgan fingerprint density at radius 1 is 1.08 bits per heavy atom. The first-order chi connectivity index (χ1) is 11.8. The highest BCUT2D eigenvalue weighted by Gasteiger charge is 2.29. The van der Waals surface area contributed by atoms with E-state index in [0.29, 0.717) is 10.0 Å². The van der Waals surface area contributed by atoms with Crippen LogP contribution in [0.3, 0.4) is 0 Å². The lowest BCUT2D eigenvalue weighted by molar-refractivity contribution is 0.0595. The quantitative estimate of drug-likeness (QED) is 0.504. The summed E-state index contributed by atoms with van der Waals surface area (Å²) in [6, 6.07) is 6.73. The summed E-state index contributed by atoms with van der Waals surface area (Å²) in [5, 5.41) is -1.19. The molecule has 134 valence electrons. The van der Waals surface area contributed by atoms with Gasteiger partial charge in [0.1, 0.15) is 22.4 Å². The van der Waals surface area contributed by atoms with Gasteiger partial charge in [-0.25, -0.2) is 17.6 Å². The van der Waals surface area contributed by atoms with E-state index in [9.17, 15) is 17.6 Å². The molecule has 0 N–H and O–H groups in total. The number of carbonyl (C=O) groups excluding carboxylic acids is 1. The van der Waals surface area contributed by atoms with E-state index in [1.165, 1.54) is 26.4 Å². The van der Waals surface area contributed by atoms with Crippen LogP contribution in [-0.2, 0) is 15.4 Å². The number of ether oxygens (including phenoxy) is 2. The molecule has 0 aliphatic rings. The number of hydrogen-bond donors (Lipinski definition) is 1. The summed E-state index contributed by atoms with van der Waals surface area (Å²) < 4.78 is 48.1. The smallest absolute Gasteiger partial charge is 0.342 e. The minimum absolute atomic E-state index is 0.0141. The van der Waals surface area contributed by atoms with E-state index in [0.717, 1.165) is 12.1 Å². The summed E-state index contributed by atoms with van der Waals surface area (Å²) in [4.78, 5) is 12.3. The maximum Gasteiger partial charge on any atom is 0.342 e. The van der Waals surface area contributed by atoms with Crippen LogP contribution < -0.4 is 4.74 Å². The molecule has 1 atom stereocenters. The van der Waals surface area contributed by atoms with Gasteiger partial charge in [0.15, 0.2) is 10.7 Å². The SMILES string of the molecule is COC(=O)c1c(C(c2ccc(F)cc2Br)[SH](=O)=O)ccc(Br)c1OC. The number of halogens is 3. The van der Waals surface area contributed by atoms with E-state index in [-0.39, 0.29) is 21.3 Å². The van der Waals surface area contributed by atoms with E-state index >= 15 is 0 Å². The third-order valence-corrected chi connectivity index (χ3v) is 5.79. The molecule has 0 fully saturated rings. The molecule has 2 aromatic carbocycles. The van der Waals surface area contributed by atoms with Gasteiger partial charge in [-0.1, -0.05) is 28.1 Å². The van der Waals surface area contributed by atoms with Crippen LogP contribution in [0.25, 0.3) is 0 Å². The standard InChI is InChI=1S/C16H13Br2FO5S/c1-23-14-11(17)6-5-10(13(14)16(20)24-2)15(25(21)22)9-4-3-8(19)7-12(9)18/h3-7,15,25H,1-2H3. The van der Waals surface area contributed by atoms with Crippen LogP contribution in [0.4, 0.5) is 4.39 Å². The monoisotopic (exact) mass is 494 g/mol. The fourth-order valence-corrected chi connectivity index (χ4v) is 4.57. The molecule has 0 spiro atoms. The fourth-order valence-electron chi connectivity index (χ4n) is 2.43. The second-order valence-corrected chi connectivity index (χ2v) is 7.69. The Morgan fingerprint density at radius 2 is 1.72 bits per heavy atom. The number of rotatable bonds is 5. The zero-order valence-corrected chi connectivity index (χ0v) is 17.2. The van der Waals surface area contributed by atoms with Crippen LogP contribution in [-0.4, -0.2) is 28.6 Å². The predicted molar refractivity (Wildman–Crippen MR) is 98.3 cm³/mol. The molecule has 25 heavy (non-hydrogen) atoms. The van der Waals surface area contributed by atoms with Gasteiger partial charge in [0.25, 0.3) is 0 Å². The van der Waals surface area contributed by atoms with Crippen molar-refractivity contribution in [1.29, 1.82) is 0 Å². The zero-order valence-electron chi connectivity index (χ0n) is 13.1. The van der Waals surface area contributed by atoms with Gasteiger partial charge in [0.2, 0.25) is 0 Å². The Labute approximate surface area is 162 Å². The normalized spacial score (nSPS) is 12.1. The molecular formula is C16H13Br2FO5S. The van der Waals surface area contributed by atoms with Crippen LogP contribution >= 0.6 is 31.9 Å². The lowest BCUT2D eigenvalue weighted by Gasteiger charge is -2.19. The molecule has 0 heterocycles. The average molecular weight is 496 g/mol. The fraction of sp³-hybridized carbons (Fsp3) is 0.188. The summed E-state index contributed by atoms with van der Waals surface area (Å²) in [5.74, 6) is -1.10. The number of thiol groups is 1. The molecule has 0 aromatic heterocycles. The zero-order chi connectivity index (χ0) is 18.7. The minimum Gasteiger partial charge on any atom is -0.495 e. The van der Waals surface area contributed by atoms with Crippen molar-refractivity contribution in [3.05, 3.63) is 61.8 Å². The molecule has 0 amide bonds. The number of methoxy groups -OCH3 is 2. The molecule has 9 heteroatoms. The maximum atomic E-state index is 13.4. The van der Waals surface area contributed by atoms with Crippen LogP contribution in [0.1, 0.15) is 26.7 Å². The van der Waals surface area contributed by atoms with Crippen molar-refractivity contribution >= 4 is 48.5 Å². The van der Waals surface area contributed by atoms with Crippen LogP contribution in [0.5, 0.6) is 5.75 Å². The number of benzene rings is 2. The van der Waals surface area contributed by atoms with Crippen molar-refractivity contribution in [3.63, 3.8) is 0 Å². The van der Waals surface area contributed by atoms with E-state index in [1.54, 1.807) is 6.07 Å². The van der Waals surface area contributed by atoms with Gasteiger partial charge in [-0.05, 0) is 45.3 Å². The maximum absolute atomic E-state index is 13.4. The molecule has 2 aromatic rings. The third kappa shape index (κ3) is 4.04. The molecule has 0 radical (unpaired) electrons. The first kappa shape index (κ1) is 19.9. The van der Waals surface area contributed by atoms with Crippen LogP contribution in [0, 0.1) is 5.82 Å². The predicted octanol–water partition coefficient (Wildman–Crippen LogP) is 3.85. The topological polar surface area (TPSA) is 69.7 Å². The second kappa shape index (κ2) is 8.29. The van der Waals surface area contributed by atoms with Gasteiger partial charge in [0.05, 0.1) is 18.7 Å². The first-order valence-corrected chi connectivity index (χ1v) is 9.68. The Kier molecular flexibility index (Phi) is 6.59. The number of hydrogen-bond acceptors (Lipinski definition) is 5. The highest BCUT2D eigenvalue weighted by molar-refractivity contribution is 9.10. The Morgan fingerprint density at radius 3 is 2.24 bits per heavy atom. The van der Waals surface area contributed by atoms with Gasteiger partial charge in [-0.15, -0.1) is 0 Å². The summed E-state index contributed by atoms with van der Waals surface area (Å²) in [6.07, 6.45) is 0. The van der Waals surface area contributed by atoms with Gasteiger partial charge in [0, 0.05) is 4.47 Å². The van der Waals surface area contributed by atoms with Gasteiger partial charge in [-0.3, -0.25) is 0 Å². The average Bonchev–Trinajstić information content (AvgIpc) is 2.56. The molecule has 0 saturated heterocycles. The number of esters is 1. The van der Waals surface area contributed by atoms with Crippen LogP contribution in [0.15, 0.2) is 39.3 Å². The lowest BCUT2D eigenvalue weighted by atomic mass is 9.98. The van der Waals surface area contributed by atoms with Crippen molar-refractivity contribution in [2.75, 3.05) is 14.2 Å². The molecule has 0 aliphatic carbocycles. The van der Waals surface area contributed by atoms with Crippen molar-refractivity contribution in [2.24, 2.45) is 0 Å². The largest absolute Gasteiger partial charge is 0.495 e. The summed E-state index contributed by atoms with van der Waals surface area (Å²) in [5.41, 5.74) is 0.460. The van der Waals surface area contributed by atoms with E-state index in [4.69, 9.17) is 9.47 Å². The van der Waals surface area contributed by atoms with Crippen molar-refractivity contribution in [2.45, 2.75) is 5.25 Å². The van der Waals surface area contributed by atoms with Crippen molar-refractivity contribution in [1.82, 2.24) is 0 Å². The third-order valence-electron chi connectivity index (χ3n) is 3.50. The Balaban J connectivity index is 2.81. The lowest BCUT2D eigenvalue weighted by Crippen LogP contribution is -2.14. The summed E-state index contributed by atoms with van der Waals surface area (Å²) >= 11 is 6.44. The highest BCUT2D eigenvalue weighted by Crippen LogP contribution is 2.39. The number of carbonyl (C=O) groups is 1. The van der Waals surface area contributed by atoms with E-state index in [2.05, 4.69) is 31.9 Å². The van der Waals surface area contributed by atoms with E-state index in [1.807, 2.05) is 0 Å². The van der Waals surface area contributed by atoms with E-state index < -0.39 is 27.7 Å². The molecule has 1 unspecified atom stereocenters. The van der Waals surface area contributed by atoms with Crippen LogP contribution in [0.2, 0.25) is 0 Å². The second-order valence-electron chi connectivity index (χ2n) is 4.89. The highest BCUT2D eigenvalue weighted by atomic mass is 79.9. The Hall–Kier alpha value is -1.45. The summed E-state index contributed by atoms with van der Waals surface area (Å²) in [7, 11) is -0.502. The molecular weight excluding hydrogens is 483 g/mol. The molecule has 2 rings (SSSR count). The molecule has 0 aliphatic heterocycles. The van der Waals surface area contributed by atoms with Gasteiger partial charge >= 0.3 is 5.97 Å². The van der Waals surface area contributed by atoms with Crippen molar-refractivity contribution < 1.29 is 27.1 Å². The van der Waals surface area contributed by atoms with Gasteiger partial charge in [-0.2, -0.15) is 0 Å². The Bertz CT molecular complexity index is 890. The molecule has 0 saturated carbocycles. The molecule has 5 nitrogen and oxygen atoms in total. The van der Waals surface area contributed by atoms with Crippen molar-refractivity contribution in [3.8, 4) is 5.75 Å².